The standard InChI is InChI=1S/C51H48N4O2.C40H38N4O2.C11H14O.C3H6O2/c1-49(2,3)31-16-12-28(13-17-31)44-42-22-20-38(52-42)34-24-32(50(4,5)6)26-36(47(34)56)40-18-14-29-10-11-30-15-19-41(55-46(30)45(29)54-40)37-27-33(51(7,8)9)25-35(48(37)57)39-21-23-43(44)53-39;1-39(2,3)25-19-27(31-9-7-17-41-31)37(45)29(21-25)33-15-13-23-11-12-24-14-16-34(44-36(24)35(23)43-33)30-22-26(40(4,5)6)20-28(38(30)46)32-10-8-18-42-32;1-11(2,3)10-6-4-9(8-12)5-7-10;1-2-3(4)5/h10-27,52,56-57H,1-9H3;7-22,41-42,45-46H,1-6H3;4-8H,1-3H3;2H2,1H3,(H,4,5). The fraction of sp³-hybridized carbons (Fsp3) is 0.248. The van der Waals surface area contributed by atoms with E-state index < -0.39 is 5.97 Å². The van der Waals surface area contributed by atoms with Gasteiger partial charge in [0, 0.05) is 118 Å². The molecular formula is C105H106N8O7. The highest BCUT2D eigenvalue weighted by Gasteiger charge is 2.28. The summed E-state index contributed by atoms with van der Waals surface area (Å²) in [6.07, 6.45) is 8.83. The van der Waals surface area contributed by atoms with Gasteiger partial charge in [-0.25, -0.2) is 24.9 Å². The number of benzene rings is 8. The largest absolute Gasteiger partial charge is 0.507 e. The summed E-state index contributed by atoms with van der Waals surface area (Å²) < 4.78 is 0. The van der Waals surface area contributed by atoms with E-state index in [0.717, 1.165) is 128 Å². The molecule has 12 bridgehead atoms. The van der Waals surface area contributed by atoms with E-state index in [1.807, 2.05) is 152 Å². The van der Waals surface area contributed by atoms with Gasteiger partial charge in [0.25, 0.3) is 0 Å². The number of aromatic hydroxyl groups is 4. The third-order valence-electron chi connectivity index (χ3n) is 22.5. The summed E-state index contributed by atoms with van der Waals surface area (Å²) >= 11 is 0. The quantitative estimate of drug-likeness (QED) is 0.0548. The fourth-order valence-electron chi connectivity index (χ4n) is 15.0. The van der Waals surface area contributed by atoms with Crippen LogP contribution in [0.3, 0.4) is 0 Å². The lowest BCUT2D eigenvalue weighted by Gasteiger charge is -2.22. The number of aromatic nitrogens is 8. The van der Waals surface area contributed by atoms with Crippen molar-refractivity contribution in [1.82, 2.24) is 39.9 Å². The molecule has 8 aromatic heterocycles. The molecule has 0 aliphatic carbocycles. The van der Waals surface area contributed by atoms with Crippen LogP contribution in [0.1, 0.15) is 193 Å². The van der Waals surface area contributed by atoms with E-state index in [9.17, 15) is 30.0 Å². The number of carbonyl (C=O) groups excluding carboxylic acids is 1. The van der Waals surface area contributed by atoms with Gasteiger partial charge in [-0.3, -0.25) is 9.59 Å². The van der Waals surface area contributed by atoms with Gasteiger partial charge in [0.15, 0.2) is 0 Å². The van der Waals surface area contributed by atoms with Crippen LogP contribution in [-0.4, -0.2) is 77.7 Å². The van der Waals surface area contributed by atoms with Crippen LogP contribution in [0.5, 0.6) is 23.0 Å². The Morgan fingerprint density at radius 1 is 0.358 bits per heavy atom. The molecule has 0 unspecified atom stereocenters. The van der Waals surface area contributed by atoms with Crippen molar-refractivity contribution in [3.05, 3.63) is 269 Å². The van der Waals surface area contributed by atoms with Gasteiger partial charge in [-0.15, -0.1) is 0 Å². The average Bonchev–Trinajstić information content (AvgIpc) is 0.980. The minimum Gasteiger partial charge on any atom is -0.507 e. The number of H-pyrrole nitrogens is 3. The van der Waals surface area contributed by atoms with Crippen LogP contribution < -0.4 is 0 Å². The van der Waals surface area contributed by atoms with Gasteiger partial charge < -0.3 is 40.5 Å². The number of rotatable bonds is 7. The third kappa shape index (κ3) is 17.1. The van der Waals surface area contributed by atoms with Gasteiger partial charge in [0.1, 0.15) is 29.3 Å². The lowest BCUT2D eigenvalue weighted by atomic mass is 9.83. The molecule has 16 aromatic rings. The van der Waals surface area contributed by atoms with Gasteiger partial charge in [-0.2, -0.15) is 0 Å². The molecular weight excluding hydrogens is 1490 g/mol. The molecule has 0 spiro atoms. The average molecular weight is 1590 g/mol. The molecule has 17 rings (SSSR count). The molecule has 0 atom stereocenters. The number of phenolic OH excluding ortho intramolecular Hbond substituents is 4. The van der Waals surface area contributed by atoms with Gasteiger partial charge in [-0.1, -0.05) is 229 Å². The van der Waals surface area contributed by atoms with E-state index in [-0.39, 0.29) is 61.9 Å². The molecule has 0 amide bonds. The number of hydrogen-bond donors (Lipinski definition) is 8. The number of nitrogens with one attached hydrogen (secondary N) is 3. The molecule has 608 valence electrons. The number of aldehydes is 1. The van der Waals surface area contributed by atoms with E-state index in [2.05, 4.69) is 218 Å². The number of fused-ring (bicyclic) bond motifs is 17. The second-order valence-electron chi connectivity index (χ2n) is 37.5. The summed E-state index contributed by atoms with van der Waals surface area (Å²) in [5.41, 5.74) is 22.0. The number of carbonyl (C=O) groups is 2. The maximum atomic E-state index is 12.2. The van der Waals surface area contributed by atoms with Gasteiger partial charge in [0.2, 0.25) is 0 Å². The van der Waals surface area contributed by atoms with Crippen molar-refractivity contribution in [2.24, 2.45) is 0 Å². The Morgan fingerprint density at radius 2 is 0.708 bits per heavy atom. The number of carboxylic acids is 1. The highest BCUT2D eigenvalue weighted by molar-refractivity contribution is 6.10. The molecule has 1 aliphatic rings. The van der Waals surface area contributed by atoms with Crippen LogP contribution in [0.4, 0.5) is 0 Å². The number of pyridine rings is 4. The van der Waals surface area contributed by atoms with Crippen molar-refractivity contribution in [2.45, 2.75) is 170 Å². The normalized spacial score (nSPS) is 12.4. The Balaban J connectivity index is 0.000000167. The summed E-state index contributed by atoms with van der Waals surface area (Å²) in [5.74, 6) is -0.116. The molecule has 120 heavy (non-hydrogen) atoms. The number of nitrogens with zero attached hydrogens (tertiary/aromatic N) is 5. The lowest BCUT2D eigenvalue weighted by Crippen LogP contribution is -2.11. The summed E-state index contributed by atoms with van der Waals surface area (Å²) in [6.45, 7) is 40.8. The molecule has 0 fully saturated rings. The van der Waals surface area contributed by atoms with Crippen molar-refractivity contribution >= 4 is 112 Å². The van der Waals surface area contributed by atoms with Gasteiger partial charge >= 0.3 is 5.97 Å². The molecule has 8 N–H and O–H groups in total. The van der Waals surface area contributed by atoms with Gasteiger partial charge in [-0.05, 0) is 193 Å². The first-order valence-electron chi connectivity index (χ1n) is 40.9. The highest BCUT2D eigenvalue weighted by Crippen LogP contribution is 2.47. The zero-order chi connectivity index (χ0) is 86.0. The predicted molar refractivity (Wildman–Crippen MR) is 496 cm³/mol. The predicted octanol–water partition coefficient (Wildman–Crippen LogP) is 26.7. The van der Waals surface area contributed by atoms with Crippen molar-refractivity contribution < 1.29 is 35.1 Å². The number of aromatic amines is 3. The van der Waals surface area contributed by atoms with E-state index >= 15 is 0 Å². The number of hydrogen-bond acceptors (Lipinski definition) is 11. The maximum Gasteiger partial charge on any atom is 0.303 e. The van der Waals surface area contributed by atoms with Crippen molar-refractivity contribution in [3.63, 3.8) is 0 Å². The van der Waals surface area contributed by atoms with Crippen LogP contribution in [0.25, 0.3) is 156 Å². The second-order valence-corrected chi connectivity index (χ2v) is 37.5. The highest BCUT2D eigenvalue weighted by atomic mass is 16.4. The Labute approximate surface area is 701 Å². The maximum absolute atomic E-state index is 12.2. The van der Waals surface area contributed by atoms with Gasteiger partial charge in [0.05, 0.1) is 55.9 Å². The molecule has 1 aliphatic heterocycles. The van der Waals surface area contributed by atoms with Crippen molar-refractivity contribution in [1.29, 1.82) is 0 Å². The first kappa shape index (κ1) is 83.2. The molecule has 0 saturated carbocycles. The van der Waals surface area contributed by atoms with Crippen LogP contribution in [0.2, 0.25) is 0 Å². The minimum atomic E-state index is -0.745. The third-order valence-corrected chi connectivity index (χ3v) is 22.5. The van der Waals surface area contributed by atoms with Crippen LogP contribution >= 0.6 is 0 Å². The SMILES string of the molecule is CC(C)(C)c1cc(-c2ccc3ccc4ccc(-c5cc(C(C)(C)C)cc(-c6ccc[nH]6)c5O)nc4c3n2)c(O)c(-c2ccc[nH]2)c1.CC(C)(C)c1ccc(-c2c3nc(c4cc(C(C)(C)C)cc(c4O)c4ccc5ccc6ccc(nc6c5n4)c4cc(C(C)(C)C)cc(c4O)c4ccc2[nH]4)C=C3)cc1.CC(C)(C)c1ccc(C=O)cc1.CCC(=O)O. The molecule has 0 saturated heterocycles. The summed E-state index contributed by atoms with van der Waals surface area (Å²) in [4.78, 5) is 56.0. The van der Waals surface area contributed by atoms with Crippen LogP contribution in [0, 0.1) is 0 Å². The second kappa shape index (κ2) is 31.9. The molecule has 9 heterocycles. The van der Waals surface area contributed by atoms with E-state index in [0.29, 0.717) is 60.8 Å². The van der Waals surface area contributed by atoms with E-state index in [4.69, 9.17) is 30.0 Å². The van der Waals surface area contributed by atoms with Crippen molar-refractivity contribution in [2.75, 3.05) is 0 Å². The first-order valence-corrected chi connectivity index (χ1v) is 40.9. The zero-order valence-electron chi connectivity index (χ0n) is 72.0. The number of phenols is 4. The monoisotopic (exact) mass is 1590 g/mol. The fourth-order valence-corrected chi connectivity index (χ4v) is 15.0. The van der Waals surface area contributed by atoms with Crippen molar-refractivity contribution in [3.8, 4) is 79.2 Å². The topological polar surface area (TPSA) is 247 Å². The molecule has 8 aromatic carbocycles. The molecule has 15 nitrogen and oxygen atoms in total. The first-order chi connectivity index (χ1) is 56.6. The minimum absolute atomic E-state index is 0.00771. The van der Waals surface area contributed by atoms with Crippen LogP contribution in [-0.2, 0) is 37.3 Å². The summed E-state index contributed by atoms with van der Waals surface area (Å²) in [5, 5.41) is 61.7. The Hall–Kier alpha value is -13.3. The molecule has 15 heteroatoms. The van der Waals surface area contributed by atoms with E-state index in [1.54, 1.807) is 6.92 Å². The Morgan fingerprint density at radius 3 is 1.11 bits per heavy atom. The number of carboxylic acid groups (broad SMARTS) is 1. The number of aliphatic carboxylic acids is 1. The summed E-state index contributed by atoms with van der Waals surface area (Å²) in [7, 11) is 0. The Kier molecular flexibility index (Phi) is 22.1. The Bertz CT molecular complexity index is 6670. The summed E-state index contributed by atoms with van der Waals surface area (Å²) in [6, 6.07) is 68.9. The zero-order valence-corrected chi connectivity index (χ0v) is 72.0. The smallest absolute Gasteiger partial charge is 0.303 e. The van der Waals surface area contributed by atoms with E-state index in [1.165, 1.54) is 11.1 Å². The lowest BCUT2D eigenvalue weighted by molar-refractivity contribution is -0.136. The van der Waals surface area contributed by atoms with Crippen LogP contribution in [0.15, 0.2) is 219 Å². The molecule has 0 radical (unpaired) electrons.